The van der Waals surface area contributed by atoms with E-state index in [4.69, 9.17) is 22.9 Å². The van der Waals surface area contributed by atoms with Gasteiger partial charge in [-0.15, -0.1) is 0 Å². The van der Waals surface area contributed by atoms with E-state index in [1.165, 1.54) is 4.90 Å². The predicted molar refractivity (Wildman–Crippen MR) is 132 cm³/mol. The maximum atomic E-state index is 13.3. The normalized spacial score (nSPS) is 18.4. The summed E-state index contributed by atoms with van der Waals surface area (Å²) in [5, 5.41) is 14.6. The van der Waals surface area contributed by atoms with Crippen molar-refractivity contribution in [3.8, 4) is 0 Å². The number of carboxylic acids is 1. The van der Waals surface area contributed by atoms with Gasteiger partial charge in [0.15, 0.2) is 5.96 Å². The summed E-state index contributed by atoms with van der Waals surface area (Å²) >= 11 is 0. The number of amides is 4. The van der Waals surface area contributed by atoms with Crippen molar-refractivity contribution in [2.75, 3.05) is 13.1 Å². The van der Waals surface area contributed by atoms with Crippen LogP contribution in [0.4, 0.5) is 0 Å². The van der Waals surface area contributed by atoms with E-state index >= 15 is 0 Å². The zero-order chi connectivity index (χ0) is 27.4. The molecule has 0 bridgehead atoms. The van der Waals surface area contributed by atoms with Gasteiger partial charge in [0, 0.05) is 19.5 Å². The Kier molecular flexibility index (Phi) is 12.6. The van der Waals surface area contributed by atoms with Gasteiger partial charge >= 0.3 is 5.97 Å². The molecule has 0 saturated carbocycles. The minimum Gasteiger partial charge on any atom is -0.480 e. The van der Waals surface area contributed by atoms with E-state index in [1.54, 1.807) is 6.92 Å². The molecule has 11 N–H and O–H groups in total. The van der Waals surface area contributed by atoms with Gasteiger partial charge in [0.1, 0.15) is 18.1 Å². The van der Waals surface area contributed by atoms with Gasteiger partial charge in [0.25, 0.3) is 0 Å². The maximum Gasteiger partial charge on any atom is 0.326 e. The van der Waals surface area contributed by atoms with Gasteiger partial charge in [-0.3, -0.25) is 24.2 Å². The van der Waals surface area contributed by atoms with Crippen LogP contribution in [0, 0.1) is 5.92 Å². The lowest BCUT2D eigenvalue weighted by Gasteiger charge is -2.29. The fourth-order valence-electron chi connectivity index (χ4n) is 3.86. The van der Waals surface area contributed by atoms with E-state index in [0.29, 0.717) is 25.7 Å². The van der Waals surface area contributed by atoms with Gasteiger partial charge in [-0.25, -0.2) is 4.79 Å². The largest absolute Gasteiger partial charge is 0.480 e. The molecule has 36 heavy (non-hydrogen) atoms. The van der Waals surface area contributed by atoms with Gasteiger partial charge in [-0.2, -0.15) is 0 Å². The molecule has 5 atom stereocenters. The summed E-state index contributed by atoms with van der Waals surface area (Å²) < 4.78 is 0. The lowest BCUT2D eigenvalue weighted by Crippen LogP contribution is -2.57. The van der Waals surface area contributed by atoms with Crippen molar-refractivity contribution in [3.63, 3.8) is 0 Å². The number of aliphatic carboxylic acids is 1. The first-order valence-electron chi connectivity index (χ1n) is 12.1. The fraction of sp³-hybridized carbons (Fsp3) is 0.727. The lowest BCUT2D eigenvalue weighted by molar-refractivity contribution is -0.149. The third-order valence-electron chi connectivity index (χ3n) is 6.25. The smallest absolute Gasteiger partial charge is 0.326 e. The summed E-state index contributed by atoms with van der Waals surface area (Å²) in [6, 6.07) is -4.14. The Morgan fingerprint density at radius 1 is 1.06 bits per heavy atom. The van der Waals surface area contributed by atoms with E-state index < -0.39 is 53.8 Å². The van der Waals surface area contributed by atoms with Crippen LogP contribution in [0.1, 0.15) is 58.8 Å². The highest BCUT2D eigenvalue weighted by Gasteiger charge is 2.38. The van der Waals surface area contributed by atoms with E-state index in [2.05, 4.69) is 15.6 Å². The molecule has 1 aliphatic heterocycles. The number of nitrogens with one attached hydrogen (secondary N) is 2. The van der Waals surface area contributed by atoms with Crippen LogP contribution in [0.15, 0.2) is 4.99 Å². The molecule has 5 unspecified atom stereocenters. The zero-order valence-electron chi connectivity index (χ0n) is 20.9. The van der Waals surface area contributed by atoms with E-state index in [9.17, 15) is 29.1 Å². The Hall–Kier alpha value is -3.42. The van der Waals surface area contributed by atoms with E-state index in [1.807, 2.05) is 6.92 Å². The first-order valence-corrected chi connectivity index (χ1v) is 12.1. The Balaban J connectivity index is 3.08. The summed E-state index contributed by atoms with van der Waals surface area (Å²) in [4.78, 5) is 67.0. The quantitative estimate of drug-likeness (QED) is 0.0708. The third-order valence-corrected chi connectivity index (χ3v) is 6.25. The second-order valence-electron chi connectivity index (χ2n) is 9.02. The van der Waals surface area contributed by atoms with Crippen LogP contribution in [0.3, 0.4) is 0 Å². The Labute approximate surface area is 210 Å². The van der Waals surface area contributed by atoms with Crippen molar-refractivity contribution < 1.29 is 29.1 Å². The van der Waals surface area contributed by atoms with Crippen molar-refractivity contribution in [2.24, 2.45) is 33.8 Å². The molecule has 1 saturated heterocycles. The second-order valence-corrected chi connectivity index (χ2v) is 9.02. The lowest BCUT2D eigenvalue weighted by atomic mass is 9.98. The molecule has 14 heteroatoms. The summed E-state index contributed by atoms with van der Waals surface area (Å²) in [5.41, 5.74) is 21.9. The Morgan fingerprint density at radius 3 is 2.25 bits per heavy atom. The summed E-state index contributed by atoms with van der Waals surface area (Å²) in [6.07, 6.45) is 1.61. The predicted octanol–water partition coefficient (Wildman–Crippen LogP) is -2.28. The number of carboxylic acid groups (broad SMARTS) is 1. The van der Waals surface area contributed by atoms with Crippen LogP contribution < -0.4 is 33.6 Å². The molecule has 0 aliphatic carbocycles. The molecule has 1 rings (SSSR count). The van der Waals surface area contributed by atoms with Crippen molar-refractivity contribution in [1.29, 1.82) is 0 Å². The molecular weight excluding hydrogens is 472 g/mol. The number of hydrogen-bond donors (Lipinski definition) is 7. The summed E-state index contributed by atoms with van der Waals surface area (Å²) in [6.45, 7) is 4.09. The molecule has 0 aromatic heterocycles. The fourth-order valence-corrected chi connectivity index (χ4v) is 3.86. The zero-order valence-corrected chi connectivity index (χ0v) is 20.9. The van der Waals surface area contributed by atoms with Crippen molar-refractivity contribution >= 4 is 35.6 Å². The number of aliphatic imine (C=N–C) groups is 1. The van der Waals surface area contributed by atoms with Crippen molar-refractivity contribution in [1.82, 2.24) is 15.5 Å². The molecule has 0 spiro atoms. The molecule has 0 radical (unpaired) electrons. The number of rotatable bonds is 15. The van der Waals surface area contributed by atoms with E-state index in [0.717, 1.165) is 0 Å². The molecule has 14 nitrogen and oxygen atoms in total. The first kappa shape index (κ1) is 30.6. The monoisotopic (exact) mass is 512 g/mol. The maximum absolute atomic E-state index is 13.3. The molecule has 0 aromatic carbocycles. The first-order chi connectivity index (χ1) is 16.9. The average Bonchev–Trinajstić information content (AvgIpc) is 3.31. The van der Waals surface area contributed by atoms with Crippen LogP contribution in [0.25, 0.3) is 0 Å². The van der Waals surface area contributed by atoms with Crippen LogP contribution in [0.2, 0.25) is 0 Å². The van der Waals surface area contributed by atoms with Crippen LogP contribution in [0.5, 0.6) is 0 Å². The molecule has 1 heterocycles. The highest BCUT2D eigenvalue weighted by Crippen LogP contribution is 2.20. The van der Waals surface area contributed by atoms with Crippen molar-refractivity contribution in [3.05, 3.63) is 0 Å². The number of guanidine groups is 1. The molecule has 204 valence electrons. The number of nitrogens with zero attached hydrogens (tertiary/aromatic N) is 2. The van der Waals surface area contributed by atoms with Crippen molar-refractivity contribution in [2.45, 2.75) is 83.0 Å². The van der Waals surface area contributed by atoms with Crippen LogP contribution in [-0.2, 0) is 24.0 Å². The number of hydrogen-bond acceptors (Lipinski definition) is 7. The number of nitrogens with two attached hydrogens (primary N) is 4. The van der Waals surface area contributed by atoms with Gasteiger partial charge in [0.05, 0.1) is 6.04 Å². The Morgan fingerprint density at radius 2 is 1.69 bits per heavy atom. The Bertz CT molecular complexity index is 831. The number of carbonyl (C=O) groups is 5. The van der Waals surface area contributed by atoms with Gasteiger partial charge in [-0.05, 0) is 38.0 Å². The molecular formula is C22H40N8O6. The summed E-state index contributed by atoms with van der Waals surface area (Å²) in [5.74, 6) is -3.93. The minimum atomic E-state index is -1.18. The molecule has 4 amide bonds. The molecule has 1 fully saturated rings. The standard InChI is InChI=1S/C22H40N8O6/c1-3-12(2)17(24)19(33)28-13(8-9-16(23)31)18(32)29-14(6-4-10-27-22(25)26)20(34)30-11-5-7-15(30)21(35)36/h12-15,17H,3-11,24H2,1-2H3,(H2,23,31)(H,28,33)(H,29,32)(H,35,36)(H4,25,26,27). The third kappa shape index (κ3) is 9.68. The molecule has 0 aromatic rings. The SMILES string of the molecule is CCC(C)C(N)C(=O)NC(CCC(N)=O)C(=O)NC(CCCN=C(N)N)C(=O)N1CCCC1C(=O)O. The number of likely N-dealkylation sites (tertiary alicyclic amines) is 1. The molecule has 1 aliphatic rings. The summed E-state index contributed by atoms with van der Waals surface area (Å²) in [7, 11) is 0. The van der Waals surface area contributed by atoms with Gasteiger partial charge < -0.3 is 43.6 Å². The topological polar surface area (TPSA) is 249 Å². The number of carbonyl (C=O) groups excluding carboxylic acids is 4. The highest BCUT2D eigenvalue weighted by molar-refractivity contribution is 5.94. The van der Waals surface area contributed by atoms with E-state index in [-0.39, 0.29) is 44.2 Å². The second kappa shape index (κ2) is 14.9. The van der Waals surface area contributed by atoms with Gasteiger partial charge in [0.2, 0.25) is 23.6 Å². The minimum absolute atomic E-state index is 0.101. The average molecular weight is 513 g/mol. The van der Waals surface area contributed by atoms with Crippen LogP contribution >= 0.6 is 0 Å². The van der Waals surface area contributed by atoms with Crippen LogP contribution in [-0.4, -0.2) is 82.8 Å². The highest BCUT2D eigenvalue weighted by atomic mass is 16.4. The van der Waals surface area contributed by atoms with Gasteiger partial charge in [-0.1, -0.05) is 20.3 Å². The number of primary amides is 1.